The molecule has 0 aliphatic heterocycles. The second-order valence-electron chi connectivity index (χ2n) is 5.00. The highest BCUT2D eigenvalue weighted by Gasteiger charge is 2.27. The number of sulfonamides is 1. The topological polar surface area (TPSA) is 50.5 Å². The van der Waals surface area contributed by atoms with Crippen molar-refractivity contribution in [3.63, 3.8) is 0 Å². The van der Waals surface area contributed by atoms with Crippen LogP contribution in [0.1, 0.15) is 17.6 Å². The van der Waals surface area contributed by atoms with Crippen molar-refractivity contribution in [2.24, 2.45) is 0 Å². The fourth-order valence-corrected chi connectivity index (χ4v) is 5.09. The van der Waals surface area contributed by atoms with Crippen LogP contribution in [0.25, 0.3) is 0 Å². The summed E-state index contributed by atoms with van der Waals surface area (Å²) in [6, 6.07) is 16.2. The van der Waals surface area contributed by atoms with E-state index < -0.39 is 10.0 Å². The lowest BCUT2D eigenvalue weighted by Crippen LogP contribution is -2.29. The van der Waals surface area contributed by atoms with Gasteiger partial charge in [-0.05, 0) is 42.8 Å². The molecule has 120 valence electrons. The molecule has 0 unspecified atom stereocenters. The van der Waals surface area contributed by atoms with Gasteiger partial charge in [-0.2, -0.15) is 0 Å². The average Bonchev–Trinajstić information content (AvgIpc) is 3.25. The highest BCUT2D eigenvalue weighted by atomic mass is 32.2. The number of anilines is 1. The molecule has 2 heterocycles. The van der Waals surface area contributed by atoms with Crippen molar-refractivity contribution >= 4 is 27.0 Å². The lowest BCUT2D eigenvalue weighted by molar-refractivity contribution is 0.509. The van der Waals surface area contributed by atoms with E-state index in [1.807, 2.05) is 31.2 Å². The summed E-state index contributed by atoms with van der Waals surface area (Å²) >= 11 is 1.32. The summed E-state index contributed by atoms with van der Waals surface area (Å²) in [5, 5.41) is 0. The second kappa shape index (κ2) is 6.60. The molecule has 0 radical (unpaired) electrons. The van der Waals surface area contributed by atoms with Gasteiger partial charge in [-0.25, -0.2) is 8.42 Å². The van der Waals surface area contributed by atoms with Crippen LogP contribution < -0.4 is 4.31 Å². The fourth-order valence-electron chi connectivity index (χ4n) is 2.25. The molecule has 0 saturated carbocycles. The third-order valence-electron chi connectivity index (χ3n) is 3.45. The summed E-state index contributed by atoms with van der Waals surface area (Å²) < 4.78 is 33.2. The molecule has 0 aliphatic carbocycles. The first-order valence-electron chi connectivity index (χ1n) is 7.30. The van der Waals surface area contributed by atoms with Crippen molar-refractivity contribution in [3.8, 4) is 0 Å². The van der Waals surface area contributed by atoms with Crippen molar-refractivity contribution in [1.29, 1.82) is 0 Å². The van der Waals surface area contributed by atoms with E-state index in [-0.39, 0.29) is 6.54 Å². The SMILES string of the molecule is CCc1ccc(S(=O)(=O)N(Cc2ccco2)c2ccccc2)s1. The van der Waals surface area contributed by atoms with Gasteiger partial charge in [-0.15, -0.1) is 11.3 Å². The van der Waals surface area contributed by atoms with Crippen LogP contribution >= 0.6 is 11.3 Å². The van der Waals surface area contributed by atoms with E-state index in [1.165, 1.54) is 15.6 Å². The number of aryl methyl sites for hydroxylation is 1. The van der Waals surface area contributed by atoms with Crippen molar-refractivity contribution in [1.82, 2.24) is 0 Å². The highest BCUT2D eigenvalue weighted by molar-refractivity contribution is 7.94. The number of furan rings is 1. The Balaban J connectivity index is 2.03. The van der Waals surface area contributed by atoms with E-state index in [9.17, 15) is 8.42 Å². The zero-order chi connectivity index (χ0) is 16.3. The monoisotopic (exact) mass is 347 g/mol. The molecule has 3 aromatic rings. The third kappa shape index (κ3) is 3.33. The van der Waals surface area contributed by atoms with E-state index in [1.54, 1.807) is 36.6 Å². The summed E-state index contributed by atoms with van der Waals surface area (Å²) in [5.41, 5.74) is 0.621. The van der Waals surface area contributed by atoms with Gasteiger partial charge >= 0.3 is 0 Å². The van der Waals surface area contributed by atoms with E-state index in [2.05, 4.69) is 0 Å². The van der Waals surface area contributed by atoms with Gasteiger partial charge < -0.3 is 4.42 Å². The van der Waals surface area contributed by atoms with E-state index in [0.717, 1.165) is 11.3 Å². The van der Waals surface area contributed by atoms with Gasteiger partial charge in [0, 0.05) is 4.88 Å². The highest BCUT2D eigenvalue weighted by Crippen LogP contribution is 2.30. The molecule has 0 atom stereocenters. The molecular weight excluding hydrogens is 330 g/mol. The molecular formula is C17H17NO3S2. The van der Waals surface area contributed by atoms with E-state index >= 15 is 0 Å². The van der Waals surface area contributed by atoms with E-state index in [4.69, 9.17) is 4.42 Å². The number of para-hydroxylation sites is 1. The van der Waals surface area contributed by atoms with Crippen molar-refractivity contribution in [2.75, 3.05) is 4.31 Å². The summed E-state index contributed by atoms with van der Waals surface area (Å²) in [5.74, 6) is 0.602. The summed E-state index contributed by atoms with van der Waals surface area (Å²) in [4.78, 5) is 1.05. The number of hydrogen-bond donors (Lipinski definition) is 0. The van der Waals surface area contributed by atoms with Gasteiger partial charge in [0.25, 0.3) is 10.0 Å². The van der Waals surface area contributed by atoms with Gasteiger partial charge in [0.15, 0.2) is 0 Å². The average molecular weight is 347 g/mol. The molecule has 4 nitrogen and oxygen atoms in total. The number of hydrogen-bond acceptors (Lipinski definition) is 4. The maximum atomic E-state index is 13.1. The largest absolute Gasteiger partial charge is 0.467 e. The minimum atomic E-state index is -3.63. The molecule has 3 rings (SSSR count). The summed E-state index contributed by atoms with van der Waals surface area (Å²) in [6.45, 7) is 2.18. The van der Waals surface area contributed by atoms with Crippen LogP contribution in [0.3, 0.4) is 0 Å². The first kappa shape index (κ1) is 15.8. The maximum absolute atomic E-state index is 13.1. The quantitative estimate of drug-likeness (QED) is 0.668. The zero-order valence-corrected chi connectivity index (χ0v) is 14.3. The first-order valence-corrected chi connectivity index (χ1v) is 9.56. The van der Waals surface area contributed by atoms with Gasteiger partial charge in [0.1, 0.15) is 9.97 Å². The predicted octanol–water partition coefficient (Wildman–Crippen LogP) is 4.30. The Morgan fingerprint density at radius 2 is 1.83 bits per heavy atom. The Morgan fingerprint density at radius 1 is 1.04 bits per heavy atom. The lowest BCUT2D eigenvalue weighted by Gasteiger charge is -2.22. The normalized spacial score (nSPS) is 11.5. The van der Waals surface area contributed by atoms with Crippen LogP contribution in [-0.2, 0) is 23.0 Å². The van der Waals surface area contributed by atoms with Crippen LogP contribution in [-0.4, -0.2) is 8.42 Å². The molecule has 6 heteroatoms. The molecule has 0 bridgehead atoms. The minimum absolute atomic E-state index is 0.165. The Morgan fingerprint density at radius 3 is 2.43 bits per heavy atom. The predicted molar refractivity (Wildman–Crippen MR) is 92.2 cm³/mol. The van der Waals surface area contributed by atoms with Gasteiger partial charge in [-0.3, -0.25) is 4.31 Å². The number of thiophene rings is 1. The molecule has 0 aliphatic rings. The van der Waals surface area contributed by atoms with Crippen LogP contribution in [0.15, 0.2) is 69.5 Å². The maximum Gasteiger partial charge on any atom is 0.274 e. The van der Waals surface area contributed by atoms with E-state index in [0.29, 0.717) is 15.7 Å². The molecule has 0 amide bonds. The third-order valence-corrected chi connectivity index (χ3v) is 6.92. The Kier molecular flexibility index (Phi) is 4.54. The molecule has 0 N–H and O–H groups in total. The van der Waals surface area contributed by atoms with Crippen LogP contribution in [0, 0.1) is 0 Å². The molecule has 0 saturated heterocycles. The van der Waals surface area contributed by atoms with Gasteiger partial charge in [0.05, 0.1) is 18.5 Å². The lowest BCUT2D eigenvalue weighted by atomic mass is 10.3. The number of benzene rings is 1. The molecule has 0 fully saturated rings. The number of nitrogens with zero attached hydrogens (tertiary/aromatic N) is 1. The smallest absolute Gasteiger partial charge is 0.274 e. The first-order chi connectivity index (χ1) is 11.1. The fraction of sp³-hybridized carbons (Fsp3) is 0.176. The molecule has 1 aromatic carbocycles. The summed E-state index contributed by atoms with van der Waals surface area (Å²) in [7, 11) is -3.63. The van der Waals surface area contributed by atoms with Crippen LogP contribution in [0.4, 0.5) is 5.69 Å². The van der Waals surface area contributed by atoms with Crippen molar-refractivity contribution < 1.29 is 12.8 Å². The van der Waals surface area contributed by atoms with Crippen molar-refractivity contribution in [3.05, 3.63) is 71.5 Å². The van der Waals surface area contributed by atoms with Gasteiger partial charge in [0.2, 0.25) is 0 Å². The van der Waals surface area contributed by atoms with Crippen LogP contribution in [0.5, 0.6) is 0 Å². The molecule has 23 heavy (non-hydrogen) atoms. The van der Waals surface area contributed by atoms with Crippen molar-refractivity contribution in [2.45, 2.75) is 24.1 Å². The van der Waals surface area contributed by atoms with Crippen LogP contribution in [0.2, 0.25) is 0 Å². The molecule has 0 spiro atoms. The molecule has 2 aromatic heterocycles. The second-order valence-corrected chi connectivity index (χ2v) is 8.26. The minimum Gasteiger partial charge on any atom is -0.467 e. The zero-order valence-electron chi connectivity index (χ0n) is 12.7. The van der Waals surface area contributed by atoms with Gasteiger partial charge in [-0.1, -0.05) is 25.1 Å². The Labute approximate surface area is 140 Å². The Bertz CT molecular complexity index is 852. The number of rotatable bonds is 6. The summed E-state index contributed by atoms with van der Waals surface area (Å²) in [6.07, 6.45) is 2.37. The standard InChI is InChI=1S/C17H17NO3S2/c1-2-16-10-11-17(22-16)23(19,20)18(13-15-9-6-12-21-15)14-7-4-3-5-8-14/h3-12H,2,13H2,1H3. The Hall–Kier alpha value is -2.05.